The van der Waals surface area contributed by atoms with Crippen molar-refractivity contribution in [1.29, 1.82) is 0 Å². The smallest absolute Gasteiger partial charge is 0.341 e. The van der Waals surface area contributed by atoms with Gasteiger partial charge >= 0.3 is 5.97 Å². The van der Waals surface area contributed by atoms with Crippen molar-refractivity contribution in [2.45, 2.75) is 26.2 Å². The molecular formula is C19H22N2O5S. The molecule has 0 saturated carbocycles. The minimum absolute atomic E-state index is 0.138. The van der Waals surface area contributed by atoms with Crippen LogP contribution < -0.4 is 15.8 Å². The third-order valence-electron chi connectivity index (χ3n) is 4.24. The van der Waals surface area contributed by atoms with Gasteiger partial charge in [0, 0.05) is 5.56 Å². The predicted octanol–water partition coefficient (Wildman–Crippen LogP) is 3.08. The Morgan fingerprint density at radius 2 is 1.89 bits per heavy atom. The van der Waals surface area contributed by atoms with E-state index in [2.05, 4.69) is 5.32 Å². The van der Waals surface area contributed by atoms with Gasteiger partial charge in [-0.15, -0.1) is 11.3 Å². The Kier molecular flexibility index (Phi) is 6.57. The van der Waals surface area contributed by atoms with Gasteiger partial charge in [0.05, 0.1) is 30.6 Å². The molecule has 1 aromatic heterocycles. The zero-order chi connectivity index (χ0) is 20.1. The van der Waals surface area contributed by atoms with E-state index in [9.17, 15) is 14.4 Å². The number of para-hydroxylation sites is 1. The van der Waals surface area contributed by atoms with E-state index in [-0.39, 0.29) is 21.3 Å². The van der Waals surface area contributed by atoms with Gasteiger partial charge in [0.1, 0.15) is 10.8 Å². The lowest BCUT2D eigenvalue weighted by Crippen LogP contribution is -2.22. The maximum Gasteiger partial charge on any atom is 0.341 e. The highest BCUT2D eigenvalue weighted by Crippen LogP contribution is 2.35. The largest absolute Gasteiger partial charge is 0.496 e. The second-order valence-electron chi connectivity index (χ2n) is 5.81. The molecule has 0 radical (unpaired) electrons. The summed E-state index contributed by atoms with van der Waals surface area (Å²) in [6.45, 7) is 3.47. The maximum absolute atomic E-state index is 12.9. The Morgan fingerprint density at radius 1 is 1.22 bits per heavy atom. The number of hydrogen-bond donors (Lipinski definition) is 2. The summed E-state index contributed by atoms with van der Waals surface area (Å²) in [6.07, 6.45) is 0.521. The second kappa shape index (κ2) is 8.68. The van der Waals surface area contributed by atoms with Gasteiger partial charge in [-0.2, -0.15) is 0 Å². The lowest BCUT2D eigenvalue weighted by atomic mass is 9.94. The van der Waals surface area contributed by atoms with Crippen molar-refractivity contribution in [2.24, 2.45) is 5.73 Å². The average Bonchev–Trinajstić information content (AvgIpc) is 2.98. The molecule has 0 aliphatic heterocycles. The molecule has 0 fully saturated rings. The Labute approximate surface area is 161 Å². The fourth-order valence-corrected chi connectivity index (χ4v) is 3.93. The third-order valence-corrected chi connectivity index (χ3v) is 5.46. The SMILES string of the molecule is CCC(C(=O)Nc1sc(C(N)=O)c(C)c1C(=O)OC)c1ccccc1OC. The first-order chi connectivity index (χ1) is 12.8. The highest BCUT2D eigenvalue weighted by molar-refractivity contribution is 7.18. The average molecular weight is 390 g/mol. The maximum atomic E-state index is 12.9. The zero-order valence-electron chi connectivity index (χ0n) is 15.6. The Hall–Kier alpha value is -2.87. The molecule has 1 heterocycles. The summed E-state index contributed by atoms with van der Waals surface area (Å²) in [5.74, 6) is -1.51. The number of rotatable bonds is 7. The third kappa shape index (κ3) is 4.11. The number of benzene rings is 1. The molecule has 1 unspecified atom stereocenters. The van der Waals surface area contributed by atoms with Gasteiger partial charge in [-0.3, -0.25) is 9.59 Å². The van der Waals surface area contributed by atoms with Crippen LogP contribution in [0.2, 0.25) is 0 Å². The first-order valence-electron chi connectivity index (χ1n) is 8.30. The molecule has 7 nitrogen and oxygen atoms in total. The molecule has 0 saturated heterocycles. The quantitative estimate of drug-likeness (QED) is 0.707. The number of carbonyl (C=O) groups excluding carboxylic acids is 3. The van der Waals surface area contributed by atoms with E-state index in [0.717, 1.165) is 16.9 Å². The van der Waals surface area contributed by atoms with Crippen molar-refractivity contribution in [2.75, 3.05) is 19.5 Å². The van der Waals surface area contributed by atoms with Crippen LogP contribution in [0.3, 0.4) is 0 Å². The highest BCUT2D eigenvalue weighted by Gasteiger charge is 2.28. The van der Waals surface area contributed by atoms with E-state index in [0.29, 0.717) is 17.7 Å². The number of nitrogens with one attached hydrogen (secondary N) is 1. The van der Waals surface area contributed by atoms with Crippen LogP contribution in [-0.4, -0.2) is 32.0 Å². The summed E-state index contributed by atoms with van der Waals surface area (Å²) in [6, 6.07) is 7.26. The van der Waals surface area contributed by atoms with Crippen LogP contribution in [0.15, 0.2) is 24.3 Å². The van der Waals surface area contributed by atoms with E-state index in [4.69, 9.17) is 15.2 Å². The summed E-state index contributed by atoms with van der Waals surface area (Å²) in [5.41, 5.74) is 6.64. The number of methoxy groups -OCH3 is 2. The van der Waals surface area contributed by atoms with Crippen LogP contribution in [-0.2, 0) is 9.53 Å². The predicted molar refractivity (Wildman–Crippen MR) is 104 cm³/mol. The highest BCUT2D eigenvalue weighted by atomic mass is 32.1. The Bertz CT molecular complexity index is 875. The first-order valence-corrected chi connectivity index (χ1v) is 9.12. The number of ether oxygens (including phenoxy) is 2. The van der Waals surface area contributed by atoms with E-state index in [1.54, 1.807) is 20.1 Å². The molecule has 2 rings (SSSR count). The normalized spacial score (nSPS) is 11.6. The molecule has 8 heteroatoms. The minimum atomic E-state index is -0.667. The van der Waals surface area contributed by atoms with E-state index in [1.807, 2.05) is 25.1 Å². The fraction of sp³-hybridized carbons (Fsp3) is 0.316. The lowest BCUT2D eigenvalue weighted by molar-refractivity contribution is -0.117. The first kappa shape index (κ1) is 20.4. The summed E-state index contributed by atoms with van der Waals surface area (Å²) in [4.78, 5) is 36.9. The van der Waals surface area contributed by atoms with Gasteiger partial charge in [0.25, 0.3) is 5.91 Å². The number of amides is 2. The van der Waals surface area contributed by atoms with Crippen LogP contribution in [0.5, 0.6) is 5.75 Å². The molecule has 1 aromatic carbocycles. The van der Waals surface area contributed by atoms with Gasteiger partial charge in [-0.25, -0.2) is 4.79 Å². The van der Waals surface area contributed by atoms with E-state index < -0.39 is 17.8 Å². The summed E-state index contributed by atoms with van der Waals surface area (Å²) in [5, 5.41) is 3.00. The molecular weight excluding hydrogens is 368 g/mol. The molecule has 0 spiro atoms. The van der Waals surface area contributed by atoms with Crippen molar-refractivity contribution < 1.29 is 23.9 Å². The second-order valence-corrected chi connectivity index (χ2v) is 6.83. The molecule has 0 aliphatic rings. The van der Waals surface area contributed by atoms with Crippen molar-refractivity contribution in [3.63, 3.8) is 0 Å². The topological polar surface area (TPSA) is 108 Å². The molecule has 2 amide bonds. The Balaban J connectivity index is 2.43. The van der Waals surface area contributed by atoms with Gasteiger partial charge in [-0.05, 0) is 25.0 Å². The number of esters is 1. The molecule has 2 aromatic rings. The molecule has 3 N–H and O–H groups in total. The standard InChI is InChI=1S/C19H22N2O5S/c1-5-11(12-8-6-7-9-13(12)25-3)17(23)21-18-14(19(24)26-4)10(2)15(27-18)16(20)22/h6-9,11H,5H2,1-4H3,(H2,20,22)(H,21,23). The lowest BCUT2D eigenvalue weighted by Gasteiger charge is -2.18. The minimum Gasteiger partial charge on any atom is -0.496 e. The van der Waals surface area contributed by atoms with Crippen LogP contribution in [0.1, 0.15) is 50.4 Å². The molecule has 0 aliphatic carbocycles. The summed E-state index contributed by atoms with van der Waals surface area (Å²) < 4.78 is 10.1. The number of primary amides is 1. The molecule has 1 atom stereocenters. The monoisotopic (exact) mass is 390 g/mol. The van der Waals surface area contributed by atoms with Crippen molar-refractivity contribution >= 4 is 34.1 Å². The van der Waals surface area contributed by atoms with E-state index >= 15 is 0 Å². The van der Waals surface area contributed by atoms with Crippen molar-refractivity contribution in [1.82, 2.24) is 0 Å². The number of carbonyl (C=O) groups is 3. The van der Waals surface area contributed by atoms with Gasteiger partial charge < -0.3 is 20.5 Å². The number of thiophene rings is 1. The summed E-state index contributed by atoms with van der Waals surface area (Å²) in [7, 11) is 2.78. The Morgan fingerprint density at radius 3 is 2.44 bits per heavy atom. The zero-order valence-corrected chi connectivity index (χ0v) is 16.4. The molecule has 144 valence electrons. The van der Waals surface area contributed by atoms with Crippen LogP contribution in [0.4, 0.5) is 5.00 Å². The van der Waals surface area contributed by atoms with Crippen LogP contribution in [0.25, 0.3) is 0 Å². The van der Waals surface area contributed by atoms with Crippen molar-refractivity contribution in [3.8, 4) is 5.75 Å². The number of nitrogens with two attached hydrogens (primary N) is 1. The number of anilines is 1. The van der Waals surface area contributed by atoms with E-state index in [1.165, 1.54) is 7.11 Å². The van der Waals surface area contributed by atoms with Crippen LogP contribution >= 0.6 is 11.3 Å². The van der Waals surface area contributed by atoms with Gasteiger partial charge in [0.2, 0.25) is 5.91 Å². The van der Waals surface area contributed by atoms with Crippen molar-refractivity contribution in [3.05, 3.63) is 45.8 Å². The van der Waals surface area contributed by atoms with Crippen LogP contribution in [0, 0.1) is 6.92 Å². The fourth-order valence-electron chi connectivity index (χ4n) is 2.88. The van der Waals surface area contributed by atoms with Gasteiger partial charge in [0.15, 0.2) is 0 Å². The summed E-state index contributed by atoms with van der Waals surface area (Å²) >= 11 is 0.961. The van der Waals surface area contributed by atoms with Gasteiger partial charge in [-0.1, -0.05) is 25.1 Å². The molecule has 27 heavy (non-hydrogen) atoms. The molecule has 0 bridgehead atoms. The number of hydrogen-bond acceptors (Lipinski definition) is 6.